The van der Waals surface area contributed by atoms with Crippen LogP contribution < -0.4 is 5.73 Å². The molecule has 0 bridgehead atoms. The van der Waals surface area contributed by atoms with Crippen molar-refractivity contribution < 1.29 is 4.79 Å². The predicted molar refractivity (Wildman–Crippen MR) is 63.6 cm³/mol. The summed E-state index contributed by atoms with van der Waals surface area (Å²) in [6, 6.07) is 5.93. The van der Waals surface area contributed by atoms with Crippen LogP contribution in [0.25, 0.3) is 0 Å². The molecule has 0 aliphatic heterocycles. The Morgan fingerprint density at radius 3 is 2.94 bits per heavy atom. The van der Waals surface area contributed by atoms with Crippen molar-refractivity contribution >= 4 is 5.91 Å². The first-order valence-electron chi connectivity index (χ1n) is 5.49. The van der Waals surface area contributed by atoms with Gasteiger partial charge in [0.2, 0.25) is 5.91 Å². The van der Waals surface area contributed by atoms with E-state index < -0.39 is 0 Å². The van der Waals surface area contributed by atoms with Crippen LogP contribution in [-0.2, 0) is 11.3 Å². The third-order valence-electron chi connectivity index (χ3n) is 2.34. The molecule has 0 fully saturated rings. The molecule has 1 heterocycles. The van der Waals surface area contributed by atoms with Crippen molar-refractivity contribution in [3.8, 4) is 6.07 Å². The molecule has 0 atom stereocenters. The van der Waals surface area contributed by atoms with Crippen molar-refractivity contribution in [2.45, 2.75) is 19.4 Å². The van der Waals surface area contributed by atoms with Crippen LogP contribution in [0.1, 0.15) is 18.4 Å². The lowest BCUT2D eigenvalue weighted by Crippen LogP contribution is -2.28. The van der Waals surface area contributed by atoms with E-state index in [9.17, 15) is 4.79 Å². The Morgan fingerprint density at radius 2 is 2.35 bits per heavy atom. The molecule has 0 unspecified atom stereocenters. The van der Waals surface area contributed by atoms with Gasteiger partial charge in [0, 0.05) is 44.9 Å². The lowest BCUT2D eigenvalue weighted by atomic mass is 10.2. The normalized spacial score (nSPS) is 10.1. The number of rotatable bonds is 7. The van der Waals surface area contributed by atoms with Crippen LogP contribution in [0.4, 0.5) is 0 Å². The number of hydrogen-bond donors (Lipinski definition) is 1. The van der Waals surface area contributed by atoms with Gasteiger partial charge in [0.05, 0.1) is 6.07 Å². The maximum absolute atomic E-state index is 10.7. The quantitative estimate of drug-likeness (QED) is 0.749. The van der Waals surface area contributed by atoms with Crippen molar-refractivity contribution in [1.29, 1.82) is 5.26 Å². The van der Waals surface area contributed by atoms with E-state index in [1.165, 1.54) is 0 Å². The van der Waals surface area contributed by atoms with E-state index in [2.05, 4.69) is 11.1 Å². The van der Waals surface area contributed by atoms with E-state index in [0.29, 0.717) is 32.5 Å². The van der Waals surface area contributed by atoms with Gasteiger partial charge in [0.1, 0.15) is 0 Å². The average Bonchev–Trinajstić information content (AvgIpc) is 2.34. The van der Waals surface area contributed by atoms with Gasteiger partial charge in [-0.05, 0) is 11.6 Å². The maximum atomic E-state index is 10.7. The molecule has 0 aliphatic rings. The number of carbonyl (C=O) groups excluding carboxylic acids is 1. The molecule has 5 nitrogen and oxygen atoms in total. The number of carbonyl (C=O) groups is 1. The molecule has 0 spiro atoms. The zero-order chi connectivity index (χ0) is 12.5. The third kappa shape index (κ3) is 5.64. The summed E-state index contributed by atoms with van der Waals surface area (Å²) in [6.45, 7) is 1.90. The second-order valence-electron chi connectivity index (χ2n) is 3.76. The Hall–Kier alpha value is -1.93. The summed E-state index contributed by atoms with van der Waals surface area (Å²) in [7, 11) is 0. The number of nitriles is 1. The van der Waals surface area contributed by atoms with Crippen molar-refractivity contribution in [3.63, 3.8) is 0 Å². The molecule has 1 aromatic heterocycles. The number of nitrogens with two attached hydrogens (primary N) is 1. The topological polar surface area (TPSA) is 83.0 Å². The molecule has 5 heteroatoms. The fraction of sp³-hybridized carbons (Fsp3) is 0.417. The highest BCUT2D eigenvalue weighted by Gasteiger charge is 2.07. The molecule has 1 rings (SSSR count). The van der Waals surface area contributed by atoms with Crippen LogP contribution in [0.2, 0.25) is 0 Å². The van der Waals surface area contributed by atoms with Gasteiger partial charge in [-0.2, -0.15) is 5.26 Å². The van der Waals surface area contributed by atoms with Gasteiger partial charge in [-0.1, -0.05) is 6.07 Å². The van der Waals surface area contributed by atoms with Crippen molar-refractivity contribution in [3.05, 3.63) is 30.1 Å². The molecule has 0 saturated heterocycles. The lowest BCUT2D eigenvalue weighted by molar-refractivity contribution is -0.118. The summed E-state index contributed by atoms with van der Waals surface area (Å²) in [5.74, 6) is -0.321. The molecular formula is C12H16N4O. The van der Waals surface area contributed by atoms with Crippen LogP contribution in [0.3, 0.4) is 0 Å². The summed E-state index contributed by atoms with van der Waals surface area (Å²) in [5, 5.41) is 8.58. The number of amides is 1. The van der Waals surface area contributed by atoms with Crippen molar-refractivity contribution in [1.82, 2.24) is 9.88 Å². The lowest BCUT2D eigenvalue weighted by Gasteiger charge is -2.20. The second kappa shape index (κ2) is 7.36. The van der Waals surface area contributed by atoms with Gasteiger partial charge in [0.15, 0.2) is 0 Å². The van der Waals surface area contributed by atoms with Gasteiger partial charge in [-0.15, -0.1) is 0 Å². The highest BCUT2D eigenvalue weighted by atomic mass is 16.1. The molecule has 0 radical (unpaired) electrons. The van der Waals surface area contributed by atoms with Crippen molar-refractivity contribution in [2.75, 3.05) is 13.1 Å². The van der Waals surface area contributed by atoms with Crippen LogP contribution >= 0.6 is 0 Å². The van der Waals surface area contributed by atoms with Crippen molar-refractivity contribution in [2.24, 2.45) is 5.73 Å². The molecule has 1 aromatic rings. The number of primary amides is 1. The van der Waals surface area contributed by atoms with E-state index in [0.717, 1.165) is 5.56 Å². The summed E-state index contributed by atoms with van der Waals surface area (Å²) >= 11 is 0. The van der Waals surface area contributed by atoms with Crippen LogP contribution in [0, 0.1) is 11.3 Å². The molecule has 0 aliphatic carbocycles. The van der Waals surface area contributed by atoms with Gasteiger partial charge in [-0.3, -0.25) is 14.7 Å². The minimum atomic E-state index is -0.321. The predicted octanol–water partition coefficient (Wildman–Crippen LogP) is 0.673. The number of aromatic nitrogens is 1. The summed E-state index contributed by atoms with van der Waals surface area (Å²) in [6.07, 6.45) is 4.25. The van der Waals surface area contributed by atoms with E-state index >= 15 is 0 Å². The number of nitrogens with zero attached hydrogens (tertiary/aromatic N) is 3. The Bertz CT molecular complexity index is 385. The maximum Gasteiger partial charge on any atom is 0.218 e. The van der Waals surface area contributed by atoms with Crippen LogP contribution in [0.15, 0.2) is 24.5 Å². The molecule has 0 aromatic carbocycles. The largest absolute Gasteiger partial charge is 0.370 e. The molecule has 90 valence electrons. The second-order valence-corrected chi connectivity index (χ2v) is 3.76. The minimum absolute atomic E-state index is 0.311. The first-order valence-corrected chi connectivity index (χ1v) is 5.49. The molecule has 2 N–H and O–H groups in total. The summed E-state index contributed by atoms with van der Waals surface area (Å²) < 4.78 is 0. The Morgan fingerprint density at radius 1 is 1.53 bits per heavy atom. The monoisotopic (exact) mass is 232 g/mol. The summed E-state index contributed by atoms with van der Waals surface area (Å²) in [5.41, 5.74) is 6.18. The molecule has 0 saturated carbocycles. The first kappa shape index (κ1) is 13.1. The Kier molecular flexibility index (Phi) is 5.69. The van der Waals surface area contributed by atoms with E-state index in [-0.39, 0.29) is 5.91 Å². The molecular weight excluding hydrogens is 216 g/mol. The van der Waals surface area contributed by atoms with Crippen LogP contribution in [-0.4, -0.2) is 28.9 Å². The SMILES string of the molecule is N#CCCN(CCC(N)=O)Cc1cccnc1. The standard InChI is InChI=1S/C12H16N4O/c13-5-2-7-16(8-4-12(14)17)10-11-3-1-6-15-9-11/h1,3,6,9H,2,4,7-8,10H2,(H2,14,17). The molecule has 1 amide bonds. The van der Waals surface area contributed by atoms with E-state index in [1.54, 1.807) is 12.4 Å². The Labute approximate surface area is 101 Å². The smallest absolute Gasteiger partial charge is 0.218 e. The fourth-order valence-corrected chi connectivity index (χ4v) is 1.50. The van der Waals surface area contributed by atoms with Gasteiger partial charge in [-0.25, -0.2) is 0 Å². The highest BCUT2D eigenvalue weighted by molar-refractivity contribution is 5.73. The Balaban J connectivity index is 2.51. The first-order chi connectivity index (χ1) is 8.22. The zero-order valence-electron chi connectivity index (χ0n) is 9.67. The van der Waals surface area contributed by atoms with Gasteiger partial charge in [0.25, 0.3) is 0 Å². The zero-order valence-corrected chi connectivity index (χ0v) is 9.67. The number of hydrogen-bond acceptors (Lipinski definition) is 4. The fourth-order valence-electron chi connectivity index (χ4n) is 1.50. The van der Waals surface area contributed by atoms with E-state index in [1.807, 2.05) is 17.0 Å². The third-order valence-corrected chi connectivity index (χ3v) is 2.34. The average molecular weight is 232 g/mol. The van der Waals surface area contributed by atoms with Gasteiger partial charge >= 0.3 is 0 Å². The number of pyridine rings is 1. The summed E-state index contributed by atoms with van der Waals surface area (Å²) in [4.78, 5) is 16.8. The highest BCUT2D eigenvalue weighted by Crippen LogP contribution is 2.04. The van der Waals surface area contributed by atoms with Gasteiger partial charge < -0.3 is 5.73 Å². The minimum Gasteiger partial charge on any atom is -0.370 e. The molecule has 17 heavy (non-hydrogen) atoms. The van der Waals surface area contributed by atoms with E-state index in [4.69, 9.17) is 11.0 Å². The van der Waals surface area contributed by atoms with Crippen LogP contribution in [0.5, 0.6) is 0 Å².